The molecular weight excluding hydrogens is 532 g/mol. The summed E-state index contributed by atoms with van der Waals surface area (Å²) in [5, 5.41) is 4.65. The van der Waals surface area contributed by atoms with Gasteiger partial charge >= 0.3 is 0 Å². The number of rotatable bonds is 5. The molecule has 0 amide bonds. The minimum absolute atomic E-state index is 0.221. The van der Waals surface area contributed by atoms with E-state index in [1.165, 1.54) is 10.8 Å². The van der Waals surface area contributed by atoms with Crippen LogP contribution in [-0.2, 0) is 19.1 Å². The molecule has 0 saturated heterocycles. The molecule has 35 heavy (non-hydrogen) atoms. The zero-order chi connectivity index (χ0) is 25.5. The van der Waals surface area contributed by atoms with Crippen LogP contribution in [0.25, 0.3) is 17.1 Å². The van der Waals surface area contributed by atoms with Crippen molar-refractivity contribution in [2.24, 2.45) is 7.05 Å². The Morgan fingerprint density at radius 3 is 2.54 bits per heavy atom. The second kappa shape index (κ2) is 9.54. The van der Waals surface area contributed by atoms with E-state index in [1.54, 1.807) is 23.0 Å². The largest absolute Gasteiger partial charge is 0.486 e. The standard InChI is InChI=1S/C25H26BrClN6O2/c1-14-11-29-24(25(3,4)5)30-22(14)18-10-19(17(27)12-28-18)33-15(2)9-20(21(26)23(33)34)35-13-16-7-8-32(6)31-16/h7-12H,13H2,1-6H3. The molecule has 4 aromatic rings. The molecule has 0 bridgehead atoms. The third kappa shape index (κ3) is 5.16. The van der Waals surface area contributed by atoms with Crippen LogP contribution in [0.4, 0.5) is 0 Å². The molecule has 0 atom stereocenters. The van der Waals surface area contributed by atoms with Crippen molar-refractivity contribution in [2.75, 3.05) is 0 Å². The maximum Gasteiger partial charge on any atom is 0.273 e. The molecule has 182 valence electrons. The van der Waals surface area contributed by atoms with Gasteiger partial charge in [-0.2, -0.15) is 5.10 Å². The first-order chi connectivity index (χ1) is 16.5. The van der Waals surface area contributed by atoms with E-state index in [2.05, 4.69) is 51.8 Å². The van der Waals surface area contributed by atoms with Crippen LogP contribution in [0.2, 0.25) is 5.02 Å². The Labute approximate surface area is 217 Å². The van der Waals surface area contributed by atoms with Crippen molar-refractivity contribution in [3.05, 3.63) is 79.4 Å². The Bertz CT molecular complexity index is 1470. The molecule has 4 heterocycles. The van der Waals surface area contributed by atoms with E-state index in [0.29, 0.717) is 43.8 Å². The normalized spacial score (nSPS) is 11.7. The Morgan fingerprint density at radius 1 is 1.14 bits per heavy atom. The number of hydrogen-bond acceptors (Lipinski definition) is 6. The van der Waals surface area contributed by atoms with Crippen LogP contribution < -0.4 is 10.3 Å². The minimum atomic E-state index is -0.296. The lowest BCUT2D eigenvalue weighted by atomic mass is 9.95. The van der Waals surface area contributed by atoms with Crippen molar-refractivity contribution < 1.29 is 4.74 Å². The maximum absolute atomic E-state index is 13.4. The van der Waals surface area contributed by atoms with Gasteiger partial charge in [-0.05, 0) is 47.5 Å². The molecular formula is C25H26BrClN6O2. The number of halogens is 2. The summed E-state index contributed by atoms with van der Waals surface area (Å²) in [4.78, 5) is 27.1. The lowest BCUT2D eigenvalue weighted by Crippen LogP contribution is -2.22. The summed E-state index contributed by atoms with van der Waals surface area (Å²) < 4.78 is 9.40. The Kier molecular flexibility index (Phi) is 6.83. The zero-order valence-corrected chi connectivity index (χ0v) is 22.8. The van der Waals surface area contributed by atoms with Crippen LogP contribution in [0.5, 0.6) is 5.75 Å². The molecule has 0 unspecified atom stereocenters. The predicted molar refractivity (Wildman–Crippen MR) is 139 cm³/mol. The fourth-order valence-electron chi connectivity index (χ4n) is 3.57. The van der Waals surface area contributed by atoms with Gasteiger partial charge in [0.05, 0.1) is 27.8 Å². The van der Waals surface area contributed by atoms with Gasteiger partial charge in [-0.15, -0.1) is 0 Å². The molecule has 0 spiro atoms. The number of ether oxygens (including phenoxy) is 1. The molecule has 8 nitrogen and oxygen atoms in total. The molecule has 0 fully saturated rings. The second-order valence-corrected chi connectivity index (χ2v) is 10.6. The number of aryl methyl sites for hydroxylation is 3. The van der Waals surface area contributed by atoms with Gasteiger partial charge in [-0.3, -0.25) is 19.0 Å². The van der Waals surface area contributed by atoms with Crippen LogP contribution in [0, 0.1) is 13.8 Å². The molecule has 4 aromatic heterocycles. The highest BCUT2D eigenvalue weighted by molar-refractivity contribution is 9.10. The Hall–Kier alpha value is -3.04. The summed E-state index contributed by atoms with van der Waals surface area (Å²) in [7, 11) is 1.84. The third-order valence-corrected chi connectivity index (χ3v) is 6.43. The van der Waals surface area contributed by atoms with Gasteiger partial charge in [0.2, 0.25) is 0 Å². The number of aromatic nitrogens is 6. The predicted octanol–water partition coefficient (Wildman–Crippen LogP) is 5.33. The SMILES string of the molecule is Cc1cnc(C(C)(C)C)nc1-c1cc(-n2c(C)cc(OCc3ccn(C)n3)c(Br)c2=O)c(Cl)cn1. The van der Waals surface area contributed by atoms with E-state index >= 15 is 0 Å². The highest BCUT2D eigenvalue weighted by Gasteiger charge is 2.21. The highest BCUT2D eigenvalue weighted by Crippen LogP contribution is 2.30. The van der Waals surface area contributed by atoms with E-state index in [4.69, 9.17) is 21.3 Å². The molecule has 0 aromatic carbocycles. The van der Waals surface area contributed by atoms with Gasteiger partial charge in [-0.25, -0.2) is 9.97 Å². The van der Waals surface area contributed by atoms with Gasteiger partial charge in [0, 0.05) is 42.8 Å². The Balaban J connectivity index is 1.76. The summed E-state index contributed by atoms with van der Waals surface area (Å²) >= 11 is 9.94. The topological polar surface area (TPSA) is 87.7 Å². The van der Waals surface area contributed by atoms with E-state index in [9.17, 15) is 4.79 Å². The monoisotopic (exact) mass is 556 g/mol. The molecule has 10 heteroatoms. The zero-order valence-electron chi connectivity index (χ0n) is 20.4. The van der Waals surface area contributed by atoms with Crippen LogP contribution in [0.1, 0.15) is 43.5 Å². The van der Waals surface area contributed by atoms with Gasteiger partial charge in [0.25, 0.3) is 5.56 Å². The van der Waals surface area contributed by atoms with Crippen LogP contribution in [0.3, 0.4) is 0 Å². The lowest BCUT2D eigenvalue weighted by molar-refractivity contribution is 0.296. The quantitative estimate of drug-likeness (QED) is 0.329. The second-order valence-electron chi connectivity index (χ2n) is 9.37. The average molecular weight is 558 g/mol. The summed E-state index contributed by atoms with van der Waals surface area (Å²) in [6, 6.07) is 5.43. The van der Waals surface area contributed by atoms with Gasteiger partial charge in [0.15, 0.2) is 0 Å². The first-order valence-electron chi connectivity index (χ1n) is 11.0. The first kappa shape index (κ1) is 25.1. The van der Waals surface area contributed by atoms with Crippen molar-refractivity contribution in [3.8, 4) is 22.8 Å². The van der Waals surface area contributed by atoms with E-state index in [1.807, 2.05) is 33.2 Å². The molecule has 4 rings (SSSR count). The van der Waals surface area contributed by atoms with Crippen molar-refractivity contribution in [1.29, 1.82) is 0 Å². The first-order valence-corrected chi connectivity index (χ1v) is 12.2. The van der Waals surface area contributed by atoms with Gasteiger partial charge in [0.1, 0.15) is 22.7 Å². The molecule has 0 radical (unpaired) electrons. The lowest BCUT2D eigenvalue weighted by Gasteiger charge is -2.19. The van der Waals surface area contributed by atoms with Crippen molar-refractivity contribution in [1.82, 2.24) is 29.3 Å². The summed E-state index contributed by atoms with van der Waals surface area (Å²) in [5.74, 6) is 1.14. The average Bonchev–Trinajstić information content (AvgIpc) is 3.21. The van der Waals surface area contributed by atoms with Crippen molar-refractivity contribution >= 4 is 27.5 Å². The van der Waals surface area contributed by atoms with Crippen molar-refractivity contribution in [3.63, 3.8) is 0 Å². The van der Waals surface area contributed by atoms with E-state index in [-0.39, 0.29) is 17.6 Å². The fraction of sp³-hybridized carbons (Fsp3) is 0.320. The van der Waals surface area contributed by atoms with Gasteiger partial charge in [-0.1, -0.05) is 32.4 Å². The van der Waals surface area contributed by atoms with Crippen LogP contribution >= 0.6 is 27.5 Å². The fourth-order valence-corrected chi connectivity index (χ4v) is 4.16. The molecule has 0 aliphatic rings. The molecule has 0 N–H and O–H groups in total. The van der Waals surface area contributed by atoms with Crippen LogP contribution in [-0.4, -0.2) is 29.3 Å². The van der Waals surface area contributed by atoms with Crippen molar-refractivity contribution in [2.45, 2.75) is 46.6 Å². The molecule has 0 aliphatic carbocycles. The maximum atomic E-state index is 13.4. The number of hydrogen-bond donors (Lipinski definition) is 0. The summed E-state index contributed by atoms with van der Waals surface area (Å²) in [5.41, 5.74) is 3.58. The van der Waals surface area contributed by atoms with Gasteiger partial charge < -0.3 is 4.74 Å². The summed E-state index contributed by atoms with van der Waals surface area (Å²) in [6.07, 6.45) is 5.17. The van der Waals surface area contributed by atoms with Crippen LogP contribution in [0.15, 0.2) is 46.1 Å². The molecule has 0 saturated carbocycles. The Morgan fingerprint density at radius 2 is 1.89 bits per heavy atom. The summed E-state index contributed by atoms with van der Waals surface area (Å²) in [6.45, 7) is 10.2. The van der Waals surface area contributed by atoms with E-state index < -0.39 is 0 Å². The number of nitrogens with zero attached hydrogens (tertiary/aromatic N) is 6. The number of pyridine rings is 2. The smallest absolute Gasteiger partial charge is 0.273 e. The third-order valence-electron chi connectivity index (χ3n) is 5.41. The highest BCUT2D eigenvalue weighted by atomic mass is 79.9. The minimum Gasteiger partial charge on any atom is -0.486 e. The van der Waals surface area contributed by atoms with E-state index in [0.717, 1.165) is 11.3 Å². The molecule has 0 aliphatic heterocycles.